The van der Waals surface area contributed by atoms with Gasteiger partial charge in [-0.25, -0.2) is 4.39 Å². The average Bonchev–Trinajstić information content (AvgIpc) is 2.41. The standard InChI is InChI=1S/C13H18FN3O3/c1-10(9-16-4-6-20-7-5-16)15-12-3-2-11(14)8-13(12)17(18)19/h2-3,8,10,15H,4-7,9H2,1H3. The molecule has 6 nitrogen and oxygen atoms in total. The van der Waals surface area contributed by atoms with Crippen LogP contribution in [0.4, 0.5) is 15.8 Å². The number of anilines is 1. The predicted octanol–water partition coefficient (Wildman–Crippen LogP) is 1.87. The first-order chi connectivity index (χ1) is 9.56. The van der Waals surface area contributed by atoms with Crippen LogP contribution in [-0.2, 0) is 4.74 Å². The molecule has 0 aliphatic carbocycles. The first kappa shape index (κ1) is 14.7. The van der Waals surface area contributed by atoms with Gasteiger partial charge in [0.25, 0.3) is 5.69 Å². The average molecular weight is 283 g/mol. The minimum absolute atomic E-state index is 0.0252. The summed E-state index contributed by atoms with van der Waals surface area (Å²) in [6.07, 6.45) is 0. The molecule has 0 spiro atoms. The number of hydrogen-bond acceptors (Lipinski definition) is 5. The Morgan fingerprint density at radius 2 is 2.20 bits per heavy atom. The molecule has 1 aliphatic heterocycles. The molecule has 0 amide bonds. The smallest absolute Gasteiger partial charge is 0.295 e. The minimum atomic E-state index is -0.608. The summed E-state index contributed by atoms with van der Waals surface area (Å²) < 4.78 is 18.3. The van der Waals surface area contributed by atoms with Crippen LogP contribution in [0.25, 0.3) is 0 Å². The fourth-order valence-corrected chi connectivity index (χ4v) is 2.26. The highest BCUT2D eigenvalue weighted by molar-refractivity contribution is 5.61. The number of hydrogen-bond donors (Lipinski definition) is 1. The van der Waals surface area contributed by atoms with Gasteiger partial charge in [-0.05, 0) is 19.1 Å². The zero-order valence-corrected chi connectivity index (χ0v) is 11.3. The van der Waals surface area contributed by atoms with Crippen molar-refractivity contribution in [1.82, 2.24) is 4.90 Å². The largest absolute Gasteiger partial charge is 0.379 e. The van der Waals surface area contributed by atoms with E-state index in [2.05, 4.69) is 10.2 Å². The second-order valence-electron chi connectivity index (χ2n) is 4.88. The normalized spacial score (nSPS) is 17.7. The van der Waals surface area contributed by atoms with E-state index in [9.17, 15) is 14.5 Å². The second kappa shape index (κ2) is 6.62. The van der Waals surface area contributed by atoms with Crippen molar-refractivity contribution in [3.05, 3.63) is 34.1 Å². The van der Waals surface area contributed by atoms with Crippen LogP contribution in [0.15, 0.2) is 18.2 Å². The number of nitro benzene ring substituents is 1. The molecule has 1 fully saturated rings. The Morgan fingerprint density at radius 1 is 1.50 bits per heavy atom. The van der Waals surface area contributed by atoms with Gasteiger partial charge < -0.3 is 10.1 Å². The van der Waals surface area contributed by atoms with Crippen molar-refractivity contribution in [2.45, 2.75) is 13.0 Å². The molecule has 1 atom stereocenters. The zero-order valence-electron chi connectivity index (χ0n) is 11.3. The van der Waals surface area contributed by atoms with Gasteiger partial charge in [-0.15, -0.1) is 0 Å². The Morgan fingerprint density at radius 3 is 2.85 bits per heavy atom. The van der Waals surface area contributed by atoms with Gasteiger partial charge in [-0.3, -0.25) is 15.0 Å². The third kappa shape index (κ3) is 3.88. The van der Waals surface area contributed by atoms with Crippen molar-refractivity contribution >= 4 is 11.4 Å². The topological polar surface area (TPSA) is 67.6 Å². The van der Waals surface area contributed by atoms with E-state index in [4.69, 9.17) is 4.74 Å². The molecule has 0 bridgehead atoms. The van der Waals surface area contributed by atoms with E-state index >= 15 is 0 Å². The van der Waals surface area contributed by atoms with Crippen LogP contribution in [-0.4, -0.2) is 48.7 Å². The third-order valence-corrected chi connectivity index (χ3v) is 3.19. The number of halogens is 1. The second-order valence-corrected chi connectivity index (χ2v) is 4.88. The SMILES string of the molecule is CC(CN1CCOCC1)Nc1ccc(F)cc1[N+](=O)[O-]. The molecular weight excluding hydrogens is 265 g/mol. The molecular formula is C13H18FN3O3. The van der Waals surface area contributed by atoms with Crippen LogP contribution in [0, 0.1) is 15.9 Å². The Bertz CT molecular complexity index is 478. The maximum atomic E-state index is 13.1. The maximum Gasteiger partial charge on any atom is 0.295 e. The van der Waals surface area contributed by atoms with Gasteiger partial charge in [0.2, 0.25) is 0 Å². The van der Waals surface area contributed by atoms with Crippen LogP contribution < -0.4 is 5.32 Å². The predicted molar refractivity (Wildman–Crippen MR) is 73.4 cm³/mol. The Hall–Kier alpha value is -1.73. The number of nitrogens with zero attached hydrogens (tertiary/aromatic N) is 2. The summed E-state index contributed by atoms with van der Waals surface area (Å²) in [6, 6.07) is 3.58. The van der Waals surface area contributed by atoms with Gasteiger partial charge in [-0.1, -0.05) is 0 Å². The molecule has 20 heavy (non-hydrogen) atoms. The lowest BCUT2D eigenvalue weighted by Crippen LogP contribution is -2.42. The van der Waals surface area contributed by atoms with E-state index < -0.39 is 10.7 Å². The fourth-order valence-electron chi connectivity index (χ4n) is 2.26. The van der Waals surface area contributed by atoms with Crippen molar-refractivity contribution < 1.29 is 14.1 Å². The van der Waals surface area contributed by atoms with E-state index in [1.54, 1.807) is 0 Å². The highest BCUT2D eigenvalue weighted by atomic mass is 19.1. The van der Waals surface area contributed by atoms with E-state index in [1.165, 1.54) is 12.1 Å². The Labute approximate surface area is 116 Å². The van der Waals surface area contributed by atoms with E-state index in [0.717, 1.165) is 25.7 Å². The lowest BCUT2D eigenvalue weighted by atomic mass is 10.2. The number of benzene rings is 1. The minimum Gasteiger partial charge on any atom is -0.379 e. The molecule has 0 radical (unpaired) electrons. The van der Waals surface area contributed by atoms with Crippen molar-refractivity contribution in [3.63, 3.8) is 0 Å². The molecule has 0 saturated carbocycles. The summed E-state index contributed by atoms with van der Waals surface area (Å²) in [5.74, 6) is -0.608. The van der Waals surface area contributed by atoms with Crippen LogP contribution >= 0.6 is 0 Å². The lowest BCUT2D eigenvalue weighted by molar-refractivity contribution is -0.384. The van der Waals surface area contributed by atoms with E-state index in [0.29, 0.717) is 18.9 Å². The molecule has 1 heterocycles. The highest BCUT2D eigenvalue weighted by Crippen LogP contribution is 2.25. The van der Waals surface area contributed by atoms with Gasteiger partial charge in [0.15, 0.2) is 0 Å². The monoisotopic (exact) mass is 283 g/mol. The summed E-state index contributed by atoms with van der Waals surface area (Å²) in [6.45, 7) is 5.85. The summed E-state index contributed by atoms with van der Waals surface area (Å²) >= 11 is 0. The van der Waals surface area contributed by atoms with Crippen LogP contribution in [0.5, 0.6) is 0 Å². The van der Waals surface area contributed by atoms with Crippen molar-refractivity contribution in [2.75, 3.05) is 38.2 Å². The number of morpholine rings is 1. The number of nitrogens with one attached hydrogen (secondary N) is 1. The van der Waals surface area contributed by atoms with Gasteiger partial charge in [0.05, 0.1) is 24.2 Å². The number of nitro groups is 1. The molecule has 1 N–H and O–H groups in total. The van der Waals surface area contributed by atoms with Crippen molar-refractivity contribution in [2.24, 2.45) is 0 Å². The third-order valence-electron chi connectivity index (χ3n) is 3.19. The molecule has 1 aromatic carbocycles. The molecule has 7 heteroatoms. The van der Waals surface area contributed by atoms with Gasteiger partial charge >= 0.3 is 0 Å². The van der Waals surface area contributed by atoms with Crippen LogP contribution in [0.3, 0.4) is 0 Å². The molecule has 110 valence electrons. The quantitative estimate of drug-likeness (QED) is 0.660. The Kier molecular flexibility index (Phi) is 4.86. The summed E-state index contributed by atoms with van der Waals surface area (Å²) in [7, 11) is 0. The van der Waals surface area contributed by atoms with Crippen molar-refractivity contribution in [1.29, 1.82) is 0 Å². The summed E-state index contributed by atoms with van der Waals surface area (Å²) in [5, 5.41) is 14.0. The van der Waals surface area contributed by atoms with Crippen LogP contribution in [0.1, 0.15) is 6.92 Å². The number of ether oxygens (including phenoxy) is 1. The lowest BCUT2D eigenvalue weighted by Gasteiger charge is -2.29. The maximum absolute atomic E-state index is 13.1. The number of rotatable bonds is 5. The molecule has 1 aromatic rings. The molecule has 0 aromatic heterocycles. The fraction of sp³-hybridized carbons (Fsp3) is 0.538. The summed E-state index contributed by atoms with van der Waals surface area (Å²) in [4.78, 5) is 12.6. The first-order valence-electron chi connectivity index (χ1n) is 6.57. The molecule has 2 rings (SSSR count). The van der Waals surface area contributed by atoms with Crippen LogP contribution in [0.2, 0.25) is 0 Å². The Balaban J connectivity index is 1.99. The molecule has 1 aliphatic rings. The van der Waals surface area contributed by atoms with Gasteiger partial charge in [0, 0.05) is 25.7 Å². The van der Waals surface area contributed by atoms with E-state index in [1.807, 2.05) is 6.92 Å². The summed E-state index contributed by atoms with van der Waals surface area (Å²) in [5.41, 5.74) is 0.107. The van der Waals surface area contributed by atoms with Crippen molar-refractivity contribution in [3.8, 4) is 0 Å². The van der Waals surface area contributed by atoms with Gasteiger partial charge in [0.1, 0.15) is 11.5 Å². The molecule has 1 unspecified atom stereocenters. The van der Waals surface area contributed by atoms with E-state index in [-0.39, 0.29) is 11.7 Å². The zero-order chi connectivity index (χ0) is 14.5. The molecule has 1 saturated heterocycles. The highest BCUT2D eigenvalue weighted by Gasteiger charge is 2.18. The van der Waals surface area contributed by atoms with Gasteiger partial charge in [-0.2, -0.15) is 0 Å². The first-order valence-corrected chi connectivity index (χ1v) is 6.57.